The van der Waals surface area contributed by atoms with Gasteiger partial charge in [0.2, 0.25) is 5.91 Å². The summed E-state index contributed by atoms with van der Waals surface area (Å²) in [7, 11) is 0. The van der Waals surface area contributed by atoms with Crippen LogP contribution in [-0.4, -0.2) is 24.5 Å². The predicted octanol–water partition coefficient (Wildman–Crippen LogP) is 1.63. The average Bonchev–Trinajstić information content (AvgIpc) is 2.55. The van der Waals surface area contributed by atoms with Crippen LogP contribution in [0, 0.1) is 11.3 Å². The first-order valence-corrected chi connectivity index (χ1v) is 6.53. The lowest BCUT2D eigenvalue weighted by atomic mass is 9.66. The Labute approximate surface area is 102 Å². The van der Waals surface area contributed by atoms with E-state index in [0.717, 1.165) is 19.3 Å². The summed E-state index contributed by atoms with van der Waals surface area (Å²) < 4.78 is 5.08. The number of hydrogen-bond donors (Lipinski definition) is 1. The summed E-state index contributed by atoms with van der Waals surface area (Å²) >= 11 is 0. The second-order valence-corrected chi connectivity index (χ2v) is 5.49. The minimum absolute atomic E-state index is 0.00264. The van der Waals surface area contributed by atoms with Crippen LogP contribution in [0.15, 0.2) is 0 Å². The molecule has 17 heavy (non-hydrogen) atoms. The van der Waals surface area contributed by atoms with Crippen molar-refractivity contribution in [1.82, 2.24) is 5.32 Å². The van der Waals surface area contributed by atoms with Crippen molar-refractivity contribution in [3.8, 4) is 0 Å². The molecule has 1 aliphatic carbocycles. The minimum atomic E-state index is -0.419. The molecule has 1 saturated carbocycles. The summed E-state index contributed by atoms with van der Waals surface area (Å²) in [5.74, 6) is 0.331. The fourth-order valence-electron chi connectivity index (χ4n) is 3.44. The third-order valence-electron chi connectivity index (χ3n) is 4.08. The lowest BCUT2D eigenvalue weighted by Gasteiger charge is -2.39. The highest BCUT2D eigenvalue weighted by Gasteiger charge is 2.52. The topological polar surface area (TPSA) is 55.4 Å². The first-order chi connectivity index (χ1) is 8.07. The molecule has 4 heteroatoms. The zero-order valence-electron chi connectivity index (χ0n) is 10.6. The van der Waals surface area contributed by atoms with E-state index in [1.165, 1.54) is 6.42 Å². The van der Waals surface area contributed by atoms with Crippen LogP contribution in [-0.2, 0) is 14.3 Å². The average molecular weight is 239 g/mol. The maximum Gasteiger partial charge on any atom is 0.329 e. The lowest BCUT2D eigenvalue weighted by molar-refractivity contribution is -0.149. The molecule has 1 N–H and O–H groups in total. The summed E-state index contributed by atoms with van der Waals surface area (Å²) in [4.78, 5) is 23.6. The molecule has 2 aliphatic rings. The van der Waals surface area contributed by atoms with Crippen molar-refractivity contribution in [2.45, 2.75) is 52.0 Å². The van der Waals surface area contributed by atoms with Crippen molar-refractivity contribution in [1.29, 1.82) is 0 Å². The summed E-state index contributed by atoms with van der Waals surface area (Å²) in [6.45, 7) is 4.37. The Morgan fingerprint density at radius 3 is 3.00 bits per heavy atom. The van der Waals surface area contributed by atoms with E-state index in [2.05, 4.69) is 12.2 Å². The van der Waals surface area contributed by atoms with Crippen LogP contribution in [0.25, 0.3) is 0 Å². The molecule has 1 aliphatic heterocycles. The molecule has 3 unspecified atom stereocenters. The molecular formula is C13H21NO3. The lowest BCUT2D eigenvalue weighted by Crippen LogP contribution is -2.46. The fraction of sp³-hybridized carbons (Fsp3) is 0.846. The van der Waals surface area contributed by atoms with Gasteiger partial charge in [-0.05, 0) is 25.7 Å². The highest BCUT2D eigenvalue weighted by atomic mass is 16.5. The van der Waals surface area contributed by atoms with Crippen molar-refractivity contribution < 1.29 is 14.3 Å². The number of carbonyl (C=O) groups excluding carboxylic acids is 2. The van der Waals surface area contributed by atoms with E-state index >= 15 is 0 Å². The van der Waals surface area contributed by atoms with Gasteiger partial charge in [-0.2, -0.15) is 0 Å². The Bertz CT molecular complexity index is 329. The number of amides is 1. The Morgan fingerprint density at radius 1 is 1.59 bits per heavy atom. The molecule has 0 bridgehead atoms. The van der Waals surface area contributed by atoms with Crippen LogP contribution in [0.3, 0.4) is 0 Å². The van der Waals surface area contributed by atoms with Gasteiger partial charge in [-0.25, -0.2) is 4.79 Å². The molecule has 1 amide bonds. The Morgan fingerprint density at radius 2 is 2.35 bits per heavy atom. The molecule has 1 saturated heterocycles. The first kappa shape index (κ1) is 12.4. The van der Waals surface area contributed by atoms with Crippen LogP contribution in [0.2, 0.25) is 0 Å². The third kappa shape index (κ3) is 2.31. The normalized spacial score (nSPS) is 36.9. The quantitative estimate of drug-likeness (QED) is 0.745. The van der Waals surface area contributed by atoms with Crippen molar-refractivity contribution in [3.63, 3.8) is 0 Å². The van der Waals surface area contributed by atoms with E-state index in [4.69, 9.17) is 4.74 Å². The van der Waals surface area contributed by atoms with Crippen molar-refractivity contribution in [2.24, 2.45) is 11.3 Å². The minimum Gasteiger partial charge on any atom is -0.464 e. The molecule has 2 fully saturated rings. The second-order valence-electron chi connectivity index (χ2n) is 5.49. The van der Waals surface area contributed by atoms with E-state index in [1.54, 1.807) is 6.92 Å². The number of hydrogen-bond acceptors (Lipinski definition) is 3. The second kappa shape index (κ2) is 4.67. The van der Waals surface area contributed by atoms with Gasteiger partial charge in [0.25, 0.3) is 0 Å². The van der Waals surface area contributed by atoms with E-state index in [0.29, 0.717) is 18.9 Å². The van der Waals surface area contributed by atoms with Crippen LogP contribution in [0.1, 0.15) is 46.0 Å². The fourth-order valence-corrected chi connectivity index (χ4v) is 3.44. The number of rotatable bonds is 2. The summed E-state index contributed by atoms with van der Waals surface area (Å²) in [6.07, 6.45) is 4.70. The zero-order chi connectivity index (χ0) is 12.5. The van der Waals surface area contributed by atoms with Gasteiger partial charge >= 0.3 is 5.97 Å². The molecule has 1 spiro atoms. The standard InChI is InChI=1S/C13H21NO3/c1-3-17-12(16)11-13(8-10(15)14-11)6-4-5-9(2)7-13/h9,11H,3-8H2,1-2H3,(H,14,15). The van der Waals surface area contributed by atoms with Crippen LogP contribution < -0.4 is 5.32 Å². The molecule has 96 valence electrons. The molecule has 0 aromatic heterocycles. The molecule has 0 aromatic carbocycles. The summed E-state index contributed by atoms with van der Waals surface area (Å²) in [5, 5.41) is 2.81. The monoisotopic (exact) mass is 239 g/mol. The van der Waals surface area contributed by atoms with E-state index in [-0.39, 0.29) is 17.3 Å². The number of esters is 1. The maximum atomic E-state index is 11.9. The van der Waals surface area contributed by atoms with Crippen LogP contribution >= 0.6 is 0 Å². The smallest absolute Gasteiger partial charge is 0.329 e. The van der Waals surface area contributed by atoms with Gasteiger partial charge < -0.3 is 10.1 Å². The molecule has 0 aromatic rings. The maximum absolute atomic E-state index is 11.9. The van der Waals surface area contributed by atoms with Crippen LogP contribution in [0.5, 0.6) is 0 Å². The van der Waals surface area contributed by atoms with Crippen LogP contribution in [0.4, 0.5) is 0 Å². The van der Waals surface area contributed by atoms with E-state index < -0.39 is 6.04 Å². The zero-order valence-corrected chi connectivity index (χ0v) is 10.6. The van der Waals surface area contributed by atoms with Gasteiger partial charge in [0.1, 0.15) is 6.04 Å². The summed E-state index contributed by atoms with van der Waals surface area (Å²) in [6, 6.07) is -0.419. The highest BCUT2D eigenvalue weighted by Crippen LogP contribution is 2.47. The van der Waals surface area contributed by atoms with Gasteiger partial charge in [-0.1, -0.05) is 19.8 Å². The highest BCUT2D eigenvalue weighted by molar-refractivity contribution is 5.90. The first-order valence-electron chi connectivity index (χ1n) is 6.53. The van der Waals surface area contributed by atoms with Gasteiger partial charge in [-0.15, -0.1) is 0 Å². The number of carbonyl (C=O) groups is 2. The van der Waals surface area contributed by atoms with Crippen molar-refractivity contribution in [3.05, 3.63) is 0 Å². The van der Waals surface area contributed by atoms with E-state index in [9.17, 15) is 9.59 Å². The number of nitrogens with one attached hydrogen (secondary N) is 1. The van der Waals surface area contributed by atoms with E-state index in [1.807, 2.05) is 0 Å². The largest absolute Gasteiger partial charge is 0.464 e. The Kier molecular flexibility index (Phi) is 3.40. The van der Waals surface area contributed by atoms with Gasteiger partial charge in [0, 0.05) is 11.8 Å². The molecule has 3 atom stereocenters. The molecule has 4 nitrogen and oxygen atoms in total. The Balaban J connectivity index is 2.17. The van der Waals surface area contributed by atoms with Gasteiger partial charge in [0.15, 0.2) is 0 Å². The SMILES string of the molecule is CCOC(=O)C1NC(=O)CC12CCCC(C)C2. The molecule has 0 radical (unpaired) electrons. The number of ether oxygens (including phenoxy) is 1. The van der Waals surface area contributed by atoms with Gasteiger partial charge in [-0.3, -0.25) is 4.79 Å². The van der Waals surface area contributed by atoms with Crippen molar-refractivity contribution >= 4 is 11.9 Å². The van der Waals surface area contributed by atoms with Crippen molar-refractivity contribution in [2.75, 3.05) is 6.61 Å². The third-order valence-corrected chi connectivity index (χ3v) is 4.08. The predicted molar refractivity (Wildman–Crippen MR) is 63.2 cm³/mol. The molecule has 1 heterocycles. The molecule has 2 rings (SSSR count). The Hall–Kier alpha value is -1.06. The molecular weight excluding hydrogens is 218 g/mol. The summed E-state index contributed by atoms with van der Waals surface area (Å²) in [5.41, 5.74) is -0.180. The van der Waals surface area contributed by atoms with Gasteiger partial charge in [0.05, 0.1) is 6.61 Å².